The summed E-state index contributed by atoms with van der Waals surface area (Å²) < 4.78 is 5.31. The molecule has 0 aliphatic carbocycles. The molecule has 0 radical (unpaired) electrons. The van der Waals surface area contributed by atoms with E-state index in [1.54, 1.807) is 0 Å². The van der Waals surface area contributed by atoms with E-state index in [2.05, 4.69) is 25.9 Å². The summed E-state index contributed by atoms with van der Waals surface area (Å²) in [6.07, 6.45) is 0. The van der Waals surface area contributed by atoms with E-state index in [1.807, 2.05) is 18.2 Å². The van der Waals surface area contributed by atoms with Crippen LogP contribution in [0.4, 0.5) is 0 Å². The lowest BCUT2D eigenvalue weighted by molar-refractivity contribution is 0.419. The molecule has 3 nitrogen and oxygen atoms in total. The predicted octanol–water partition coefficient (Wildman–Crippen LogP) is 2.58. The SMILES string of the molecule is CC(C)(C)c1noc2cc(CN)ccc12. The van der Waals surface area contributed by atoms with Crippen LogP contribution in [-0.2, 0) is 12.0 Å². The van der Waals surface area contributed by atoms with Gasteiger partial charge in [-0.05, 0) is 17.7 Å². The van der Waals surface area contributed by atoms with Crippen LogP contribution >= 0.6 is 0 Å². The molecular weight excluding hydrogens is 188 g/mol. The van der Waals surface area contributed by atoms with E-state index < -0.39 is 0 Å². The Bertz CT molecular complexity index is 480. The first-order valence-electron chi connectivity index (χ1n) is 5.11. The third-order valence-electron chi connectivity index (χ3n) is 2.48. The summed E-state index contributed by atoms with van der Waals surface area (Å²) in [5, 5.41) is 5.21. The predicted molar refractivity (Wildman–Crippen MR) is 60.6 cm³/mol. The van der Waals surface area contributed by atoms with Gasteiger partial charge >= 0.3 is 0 Å². The van der Waals surface area contributed by atoms with Gasteiger partial charge in [0.15, 0.2) is 5.58 Å². The van der Waals surface area contributed by atoms with Crippen molar-refractivity contribution in [2.45, 2.75) is 32.7 Å². The van der Waals surface area contributed by atoms with Crippen molar-refractivity contribution in [1.82, 2.24) is 5.16 Å². The van der Waals surface area contributed by atoms with Crippen molar-refractivity contribution in [3.05, 3.63) is 29.5 Å². The monoisotopic (exact) mass is 204 g/mol. The highest BCUT2D eigenvalue weighted by molar-refractivity contribution is 5.81. The first-order chi connectivity index (χ1) is 7.02. The minimum absolute atomic E-state index is 0.00941. The zero-order valence-electron chi connectivity index (χ0n) is 9.37. The molecule has 2 N–H and O–H groups in total. The van der Waals surface area contributed by atoms with Crippen molar-refractivity contribution in [3.63, 3.8) is 0 Å². The molecule has 80 valence electrons. The molecule has 0 unspecified atom stereocenters. The quantitative estimate of drug-likeness (QED) is 0.776. The summed E-state index contributed by atoms with van der Waals surface area (Å²) >= 11 is 0. The topological polar surface area (TPSA) is 52.0 Å². The molecule has 0 aliphatic heterocycles. The first kappa shape index (κ1) is 10.2. The number of nitrogens with zero attached hydrogens (tertiary/aromatic N) is 1. The minimum Gasteiger partial charge on any atom is -0.356 e. The largest absolute Gasteiger partial charge is 0.356 e. The molecule has 0 spiro atoms. The average molecular weight is 204 g/mol. The molecule has 1 heterocycles. The second-order valence-corrected chi connectivity index (χ2v) is 4.82. The van der Waals surface area contributed by atoms with E-state index in [4.69, 9.17) is 10.3 Å². The molecule has 0 bridgehead atoms. The van der Waals surface area contributed by atoms with Crippen molar-refractivity contribution in [2.24, 2.45) is 5.73 Å². The Kier molecular flexibility index (Phi) is 2.27. The highest BCUT2D eigenvalue weighted by Crippen LogP contribution is 2.29. The molecular formula is C12H16N2O. The summed E-state index contributed by atoms with van der Waals surface area (Å²) in [4.78, 5) is 0. The fraction of sp³-hybridized carbons (Fsp3) is 0.417. The summed E-state index contributed by atoms with van der Waals surface area (Å²) in [6, 6.07) is 6.01. The molecule has 1 aromatic heterocycles. The first-order valence-corrected chi connectivity index (χ1v) is 5.11. The lowest BCUT2D eigenvalue weighted by atomic mass is 9.90. The number of aromatic nitrogens is 1. The van der Waals surface area contributed by atoms with Gasteiger partial charge in [-0.15, -0.1) is 0 Å². The molecule has 2 aromatic rings. The zero-order chi connectivity index (χ0) is 11.1. The number of fused-ring (bicyclic) bond motifs is 1. The van der Waals surface area contributed by atoms with Gasteiger partial charge in [0.2, 0.25) is 0 Å². The van der Waals surface area contributed by atoms with Gasteiger partial charge in [0.05, 0.1) is 5.69 Å². The van der Waals surface area contributed by atoms with Gasteiger partial charge in [-0.2, -0.15) is 0 Å². The van der Waals surface area contributed by atoms with Crippen LogP contribution in [0.25, 0.3) is 11.0 Å². The fourth-order valence-corrected chi connectivity index (χ4v) is 1.65. The molecule has 0 saturated carbocycles. The Hall–Kier alpha value is -1.35. The highest BCUT2D eigenvalue weighted by atomic mass is 16.5. The van der Waals surface area contributed by atoms with Gasteiger partial charge < -0.3 is 10.3 Å². The Morgan fingerprint density at radius 1 is 1.33 bits per heavy atom. The third kappa shape index (κ3) is 1.75. The molecule has 1 aromatic carbocycles. The van der Waals surface area contributed by atoms with E-state index in [9.17, 15) is 0 Å². The van der Waals surface area contributed by atoms with Crippen LogP contribution in [0.5, 0.6) is 0 Å². The number of nitrogens with two attached hydrogens (primary N) is 1. The van der Waals surface area contributed by atoms with Gasteiger partial charge in [0.25, 0.3) is 0 Å². The van der Waals surface area contributed by atoms with Crippen molar-refractivity contribution in [1.29, 1.82) is 0 Å². The Morgan fingerprint density at radius 3 is 2.67 bits per heavy atom. The van der Waals surface area contributed by atoms with Crippen molar-refractivity contribution < 1.29 is 4.52 Å². The Balaban J connectivity index is 2.62. The summed E-state index contributed by atoms with van der Waals surface area (Å²) in [5.41, 5.74) is 8.47. The maximum Gasteiger partial charge on any atom is 0.167 e. The van der Waals surface area contributed by atoms with Gasteiger partial charge in [0.1, 0.15) is 0 Å². The van der Waals surface area contributed by atoms with Crippen LogP contribution in [-0.4, -0.2) is 5.16 Å². The van der Waals surface area contributed by atoms with Crippen LogP contribution in [0.1, 0.15) is 32.0 Å². The summed E-state index contributed by atoms with van der Waals surface area (Å²) in [6.45, 7) is 6.91. The molecule has 0 fully saturated rings. The summed E-state index contributed by atoms with van der Waals surface area (Å²) in [7, 11) is 0. The standard InChI is InChI=1S/C12H16N2O/c1-12(2,3)11-9-5-4-8(7-13)6-10(9)15-14-11/h4-6H,7,13H2,1-3H3. The second-order valence-electron chi connectivity index (χ2n) is 4.82. The molecule has 15 heavy (non-hydrogen) atoms. The van der Waals surface area contributed by atoms with Gasteiger partial charge in [-0.25, -0.2) is 0 Å². The van der Waals surface area contributed by atoms with E-state index >= 15 is 0 Å². The van der Waals surface area contributed by atoms with Crippen LogP contribution in [0.15, 0.2) is 22.7 Å². The molecule has 0 aliphatic rings. The number of benzene rings is 1. The molecule has 3 heteroatoms. The van der Waals surface area contributed by atoms with E-state index in [-0.39, 0.29) is 5.41 Å². The Labute approximate surface area is 89.2 Å². The zero-order valence-corrected chi connectivity index (χ0v) is 9.37. The Morgan fingerprint density at radius 2 is 2.07 bits per heavy atom. The van der Waals surface area contributed by atoms with Crippen LogP contribution in [0.2, 0.25) is 0 Å². The number of hydrogen-bond acceptors (Lipinski definition) is 3. The van der Waals surface area contributed by atoms with Crippen molar-refractivity contribution in [2.75, 3.05) is 0 Å². The van der Waals surface area contributed by atoms with Gasteiger partial charge in [-0.3, -0.25) is 0 Å². The van der Waals surface area contributed by atoms with E-state index in [0.717, 1.165) is 22.2 Å². The molecule has 0 atom stereocenters. The summed E-state index contributed by atoms with van der Waals surface area (Å²) in [5.74, 6) is 0. The molecule has 0 amide bonds. The lowest BCUT2D eigenvalue weighted by Crippen LogP contribution is -2.11. The number of hydrogen-bond donors (Lipinski definition) is 1. The van der Waals surface area contributed by atoms with Gasteiger partial charge in [0, 0.05) is 17.3 Å². The maximum absolute atomic E-state index is 5.57. The van der Waals surface area contributed by atoms with Gasteiger partial charge in [-0.1, -0.05) is 32.0 Å². The van der Waals surface area contributed by atoms with E-state index in [0.29, 0.717) is 6.54 Å². The second kappa shape index (κ2) is 3.35. The number of rotatable bonds is 1. The van der Waals surface area contributed by atoms with Crippen molar-refractivity contribution in [3.8, 4) is 0 Å². The molecule has 0 saturated heterocycles. The third-order valence-corrected chi connectivity index (χ3v) is 2.48. The average Bonchev–Trinajstić information content (AvgIpc) is 2.59. The maximum atomic E-state index is 5.57. The van der Waals surface area contributed by atoms with Crippen LogP contribution < -0.4 is 5.73 Å². The lowest BCUT2D eigenvalue weighted by Gasteiger charge is -2.14. The minimum atomic E-state index is 0.00941. The smallest absolute Gasteiger partial charge is 0.167 e. The normalized spacial score (nSPS) is 12.3. The van der Waals surface area contributed by atoms with Crippen LogP contribution in [0.3, 0.4) is 0 Å². The fourth-order valence-electron chi connectivity index (χ4n) is 1.65. The highest BCUT2D eigenvalue weighted by Gasteiger charge is 2.21. The van der Waals surface area contributed by atoms with E-state index in [1.165, 1.54) is 0 Å². The molecule has 2 rings (SSSR count). The van der Waals surface area contributed by atoms with Crippen LogP contribution in [0, 0.1) is 0 Å². The van der Waals surface area contributed by atoms with Crippen molar-refractivity contribution >= 4 is 11.0 Å².